The molecule has 1 saturated heterocycles. The molecule has 24 heavy (non-hydrogen) atoms. The molecule has 0 aliphatic carbocycles. The summed E-state index contributed by atoms with van der Waals surface area (Å²) in [5, 5.41) is 6.10. The Bertz CT molecular complexity index is 633. The fourth-order valence-electron chi connectivity index (χ4n) is 2.59. The van der Waals surface area contributed by atoms with Crippen molar-refractivity contribution in [3.8, 4) is 0 Å². The quantitative estimate of drug-likeness (QED) is 0.758. The topological polar surface area (TPSA) is 78.5 Å². The summed E-state index contributed by atoms with van der Waals surface area (Å²) in [5.74, 6) is 0.387. The van der Waals surface area contributed by atoms with Crippen LogP contribution in [0, 0.1) is 5.92 Å². The van der Waals surface area contributed by atoms with Gasteiger partial charge in [-0.15, -0.1) is 11.3 Å². The van der Waals surface area contributed by atoms with E-state index >= 15 is 0 Å². The van der Waals surface area contributed by atoms with Crippen molar-refractivity contribution in [3.05, 3.63) is 17.0 Å². The first-order chi connectivity index (χ1) is 11.4. The van der Waals surface area contributed by atoms with E-state index in [9.17, 15) is 13.2 Å². The standard InChI is InChI=1S/C16H27N3O3S2/c1-13(2)12-15(20)18-8-6-14-4-5-16(23-14)24(21,22)19-10-3-7-17-9-11-19/h4-5,13,17H,3,6-12H2,1-2H3,(H,18,20). The third-order valence-corrected chi connectivity index (χ3v) is 7.33. The highest BCUT2D eigenvalue weighted by molar-refractivity contribution is 7.91. The van der Waals surface area contributed by atoms with Crippen LogP contribution in [0.25, 0.3) is 0 Å². The second kappa shape index (κ2) is 8.94. The van der Waals surface area contributed by atoms with Gasteiger partial charge < -0.3 is 10.6 Å². The molecule has 0 radical (unpaired) electrons. The number of carbonyl (C=O) groups is 1. The number of sulfonamides is 1. The Morgan fingerprint density at radius 2 is 2.12 bits per heavy atom. The molecule has 2 rings (SSSR count). The fraction of sp³-hybridized carbons (Fsp3) is 0.688. The zero-order valence-corrected chi connectivity index (χ0v) is 16.0. The summed E-state index contributed by atoms with van der Waals surface area (Å²) >= 11 is 1.30. The second-order valence-corrected chi connectivity index (χ2v) is 9.76. The molecular formula is C16H27N3O3S2. The maximum absolute atomic E-state index is 12.7. The molecule has 0 bridgehead atoms. The van der Waals surface area contributed by atoms with Crippen molar-refractivity contribution in [2.45, 2.75) is 37.3 Å². The van der Waals surface area contributed by atoms with E-state index in [0.717, 1.165) is 17.8 Å². The van der Waals surface area contributed by atoms with Gasteiger partial charge >= 0.3 is 0 Å². The van der Waals surface area contributed by atoms with Crippen LogP contribution in [0.15, 0.2) is 16.3 Å². The van der Waals surface area contributed by atoms with Crippen LogP contribution in [-0.2, 0) is 21.2 Å². The molecule has 2 heterocycles. The van der Waals surface area contributed by atoms with E-state index in [4.69, 9.17) is 0 Å². The lowest BCUT2D eigenvalue weighted by Crippen LogP contribution is -2.33. The summed E-state index contributed by atoms with van der Waals surface area (Å²) in [4.78, 5) is 12.6. The lowest BCUT2D eigenvalue weighted by Gasteiger charge is -2.18. The number of amides is 1. The predicted molar refractivity (Wildman–Crippen MR) is 96.7 cm³/mol. The molecule has 1 amide bonds. The largest absolute Gasteiger partial charge is 0.356 e. The smallest absolute Gasteiger partial charge is 0.252 e. The summed E-state index contributed by atoms with van der Waals surface area (Å²) in [7, 11) is -3.40. The van der Waals surface area contributed by atoms with E-state index in [2.05, 4.69) is 10.6 Å². The van der Waals surface area contributed by atoms with Gasteiger partial charge in [-0.2, -0.15) is 4.31 Å². The van der Waals surface area contributed by atoms with Gasteiger partial charge in [0, 0.05) is 37.5 Å². The van der Waals surface area contributed by atoms with Crippen LogP contribution >= 0.6 is 11.3 Å². The van der Waals surface area contributed by atoms with Crippen LogP contribution < -0.4 is 10.6 Å². The van der Waals surface area contributed by atoms with Crippen LogP contribution in [0.4, 0.5) is 0 Å². The number of carbonyl (C=O) groups excluding carboxylic acids is 1. The third-order valence-electron chi connectivity index (χ3n) is 3.82. The normalized spacial score (nSPS) is 17.0. The van der Waals surface area contributed by atoms with Crippen molar-refractivity contribution in [2.24, 2.45) is 5.92 Å². The maximum Gasteiger partial charge on any atom is 0.252 e. The third kappa shape index (κ3) is 5.54. The highest BCUT2D eigenvalue weighted by Crippen LogP contribution is 2.25. The SMILES string of the molecule is CC(C)CC(=O)NCCc1ccc(S(=O)(=O)N2CCCNCC2)s1. The molecule has 0 saturated carbocycles. The summed E-state index contributed by atoms with van der Waals surface area (Å²) < 4.78 is 27.3. The van der Waals surface area contributed by atoms with Gasteiger partial charge in [0.15, 0.2) is 0 Å². The van der Waals surface area contributed by atoms with Gasteiger partial charge in [0.25, 0.3) is 10.0 Å². The number of nitrogens with zero attached hydrogens (tertiary/aromatic N) is 1. The molecule has 1 aliphatic heterocycles. The average Bonchev–Trinajstić information content (AvgIpc) is 2.81. The first kappa shape index (κ1) is 19.4. The number of nitrogens with one attached hydrogen (secondary N) is 2. The molecule has 0 unspecified atom stereocenters. The highest BCUT2D eigenvalue weighted by atomic mass is 32.2. The minimum Gasteiger partial charge on any atom is -0.356 e. The summed E-state index contributed by atoms with van der Waals surface area (Å²) in [6, 6.07) is 3.53. The number of hydrogen-bond acceptors (Lipinski definition) is 5. The van der Waals surface area contributed by atoms with E-state index in [0.29, 0.717) is 49.1 Å². The molecule has 1 fully saturated rings. The molecule has 2 N–H and O–H groups in total. The molecule has 1 aromatic rings. The molecule has 1 aromatic heterocycles. The first-order valence-electron chi connectivity index (χ1n) is 8.46. The van der Waals surface area contributed by atoms with Gasteiger partial charge in [-0.05, 0) is 37.4 Å². The molecule has 0 atom stereocenters. The van der Waals surface area contributed by atoms with Crippen LogP contribution in [0.5, 0.6) is 0 Å². The van der Waals surface area contributed by atoms with Crippen LogP contribution in [-0.4, -0.2) is 51.4 Å². The average molecular weight is 374 g/mol. The maximum atomic E-state index is 12.7. The zero-order chi connectivity index (χ0) is 17.6. The molecule has 136 valence electrons. The van der Waals surface area contributed by atoms with Gasteiger partial charge in [-0.25, -0.2) is 8.42 Å². The lowest BCUT2D eigenvalue weighted by molar-refractivity contribution is -0.121. The summed E-state index contributed by atoms with van der Waals surface area (Å²) in [6.45, 7) is 7.19. The van der Waals surface area contributed by atoms with Crippen LogP contribution in [0.1, 0.15) is 31.6 Å². The van der Waals surface area contributed by atoms with Crippen molar-refractivity contribution in [1.82, 2.24) is 14.9 Å². The minimum absolute atomic E-state index is 0.0477. The Kier molecular flexibility index (Phi) is 7.21. The van der Waals surface area contributed by atoms with Gasteiger partial charge in [0.1, 0.15) is 4.21 Å². The number of rotatable bonds is 7. The van der Waals surface area contributed by atoms with Gasteiger partial charge in [0.2, 0.25) is 5.91 Å². The van der Waals surface area contributed by atoms with E-state index < -0.39 is 10.0 Å². The van der Waals surface area contributed by atoms with E-state index in [1.54, 1.807) is 10.4 Å². The van der Waals surface area contributed by atoms with E-state index in [1.807, 2.05) is 19.9 Å². The van der Waals surface area contributed by atoms with Gasteiger partial charge in [-0.1, -0.05) is 13.8 Å². The van der Waals surface area contributed by atoms with E-state index in [-0.39, 0.29) is 5.91 Å². The van der Waals surface area contributed by atoms with Gasteiger partial charge in [-0.3, -0.25) is 4.79 Å². The molecule has 8 heteroatoms. The fourth-order valence-corrected chi connectivity index (χ4v) is 5.58. The molecule has 6 nitrogen and oxygen atoms in total. The highest BCUT2D eigenvalue weighted by Gasteiger charge is 2.26. The second-order valence-electron chi connectivity index (χ2n) is 6.43. The van der Waals surface area contributed by atoms with Crippen LogP contribution in [0.2, 0.25) is 0 Å². The minimum atomic E-state index is -3.40. The summed E-state index contributed by atoms with van der Waals surface area (Å²) in [5.41, 5.74) is 0. The molecule has 0 spiro atoms. The molecular weight excluding hydrogens is 346 g/mol. The van der Waals surface area contributed by atoms with Crippen molar-refractivity contribution < 1.29 is 13.2 Å². The first-order valence-corrected chi connectivity index (χ1v) is 10.7. The lowest BCUT2D eigenvalue weighted by atomic mass is 10.1. The van der Waals surface area contributed by atoms with E-state index in [1.165, 1.54) is 11.3 Å². The Labute approximate surface area is 148 Å². The Morgan fingerprint density at radius 3 is 2.88 bits per heavy atom. The zero-order valence-electron chi connectivity index (χ0n) is 14.4. The Morgan fingerprint density at radius 1 is 1.33 bits per heavy atom. The number of thiophene rings is 1. The van der Waals surface area contributed by atoms with Crippen LogP contribution in [0.3, 0.4) is 0 Å². The van der Waals surface area contributed by atoms with Crippen molar-refractivity contribution in [2.75, 3.05) is 32.7 Å². The van der Waals surface area contributed by atoms with Crippen molar-refractivity contribution in [3.63, 3.8) is 0 Å². The number of hydrogen-bond donors (Lipinski definition) is 2. The predicted octanol–water partition coefficient (Wildman–Crippen LogP) is 1.44. The Hall–Kier alpha value is -0.960. The summed E-state index contributed by atoms with van der Waals surface area (Å²) in [6.07, 6.45) is 2.01. The molecule has 1 aliphatic rings. The monoisotopic (exact) mass is 373 g/mol. The Balaban J connectivity index is 1.90. The van der Waals surface area contributed by atoms with Crippen molar-refractivity contribution >= 4 is 27.3 Å². The molecule has 0 aromatic carbocycles. The van der Waals surface area contributed by atoms with Crippen molar-refractivity contribution in [1.29, 1.82) is 0 Å². The van der Waals surface area contributed by atoms with Gasteiger partial charge in [0.05, 0.1) is 0 Å².